The van der Waals surface area contributed by atoms with Crippen LogP contribution in [0.5, 0.6) is 0 Å². The molecule has 1 heterocycles. The molecule has 1 fully saturated rings. The summed E-state index contributed by atoms with van der Waals surface area (Å²) in [5.74, 6) is -1.86. The van der Waals surface area contributed by atoms with Crippen LogP contribution in [0.3, 0.4) is 0 Å². The normalized spacial score (nSPS) is 18.6. The number of benzene rings is 1. The zero-order valence-electron chi connectivity index (χ0n) is 11.0. The molecule has 1 unspecified atom stereocenters. The number of amides is 1. The average molecular weight is 268 g/mol. The fraction of sp³-hybridized carbons (Fsp3) is 0.500. The zero-order chi connectivity index (χ0) is 13.8. The monoisotopic (exact) mass is 268 g/mol. The largest absolute Gasteiger partial charge is 0.337 e. The van der Waals surface area contributed by atoms with Crippen LogP contribution < -0.4 is 5.32 Å². The van der Waals surface area contributed by atoms with Gasteiger partial charge >= 0.3 is 0 Å². The lowest BCUT2D eigenvalue weighted by Crippen LogP contribution is -2.41. The summed E-state index contributed by atoms with van der Waals surface area (Å²) < 4.78 is 26.5. The van der Waals surface area contributed by atoms with Gasteiger partial charge < -0.3 is 10.2 Å². The first-order chi connectivity index (χ1) is 9.11. The number of rotatable bonds is 4. The fourth-order valence-electron chi connectivity index (χ4n) is 2.37. The molecule has 1 aromatic rings. The van der Waals surface area contributed by atoms with Crippen LogP contribution >= 0.6 is 0 Å². The number of hydrogen-bond donors (Lipinski definition) is 1. The highest BCUT2D eigenvalue weighted by molar-refractivity contribution is 5.94. The van der Waals surface area contributed by atoms with E-state index in [1.165, 1.54) is 6.07 Å². The second-order valence-corrected chi connectivity index (χ2v) is 4.76. The highest BCUT2D eigenvalue weighted by Crippen LogP contribution is 2.14. The molecule has 1 atom stereocenters. The van der Waals surface area contributed by atoms with Crippen LogP contribution in [0.4, 0.5) is 8.78 Å². The van der Waals surface area contributed by atoms with E-state index in [0.29, 0.717) is 13.1 Å². The molecule has 0 spiro atoms. The van der Waals surface area contributed by atoms with Crippen molar-refractivity contribution in [2.45, 2.75) is 25.8 Å². The van der Waals surface area contributed by atoms with E-state index in [2.05, 4.69) is 5.32 Å². The van der Waals surface area contributed by atoms with Gasteiger partial charge in [0.1, 0.15) is 11.6 Å². The van der Waals surface area contributed by atoms with E-state index >= 15 is 0 Å². The van der Waals surface area contributed by atoms with Crippen molar-refractivity contribution in [2.24, 2.45) is 0 Å². The van der Waals surface area contributed by atoms with Crippen LogP contribution in [0.1, 0.15) is 30.1 Å². The Hall–Kier alpha value is -1.49. The number of nitrogens with zero attached hydrogens (tertiary/aromatic N) is 1. The Labute approximate surface area is 111 Å². The van der Waals surface area contributed by atoms with Crippen molar-refractivity contribution in [3.8, 4) is 0 Å². The second kappa shape index (κ2) is 6.10. The van der Waals surface area contributed by atoms with Gasteiger partial charge in [0.15, 0.2) is 0 Å². The van der Waals surface area contributed by atoms with Gasteiger partial charge in [-0.05, 0) is 38.4 Å². The quantitative estimate of drug-likeness (QED) is 0.907. The van der Waals surface area contributed by atoms with E-state index in [1.54, 1.807) is 4.90 Å². The molecular formula is C14H18F2N2O. The summed E-state index contributed by atoms with van der Waals surface area (Å²) in [6, 6.07) is 3.33. The molecule has 0 aromatic heterocycles. The maximum atomic E-state index is 13.6. The van der Waals surface area contributed by atoms with Gasteiger partial charge in [0, 0.05) is 25.2 Å². The Morgan fingerprint density at radius 3 is 2.84 bits per heavy atom. The summed E-state index contributed by atoms with van der Waals surface area (Å²) in [5.41, 5.74) is -0.0683. The summed E-state index contributed by atoms with van der Waals surface area (Å²) in [6.45, 7) is 3.88. The molecule has 0 aliphatic carbocycles. The summed E-state index contributed by atoms with van der Waals surface area (Å²) >= 11 is 0. The van der Waals surface area contributed by atoms with E-state index in [9.17, 15) is 13.6 Å². The van der Waals surface area contributed by atoms with Crippen LogP contribution in [-0.4, -0.2) is 36.5 Å². The van der Waals surface area contributed by atoms with E-state index in [-0.39, 0.29) is 17.5 Å². The van der Waals surface area contributed by atoms with Crippen molar-refractivity contribution in [2.75, 3.05) is 19.6 Å². The Balaban J connectivity index is 2.10. The molecule has 1 aliphatic heterocycles. The molecule has 104 valence electrons. The van der Waals surface area contributed by atoms with Gasteiger partial charge in [-0.15, -0.1) is 0 Å². The van der Waals surface area contributed by atoms with E-state index in [0.717, 1.165) is 31.5 Å². The standard InChI is InChI=1S/C14H18F2N2O/c1-2-18(9-11-4-3-7-17-11)14(19)12-6-5-10(15)8-13(12)16/h5-6,8,11,17H,2-4,7,9H2,1H3. The molecule has 1 saturated heterocycles. The minimum Gasteiger partial charge on any atom is -0.337 e. The summed E-state index contributed by atoms with van der Waals surface area (Å²) in [7, 11) is 0. The first-order valence-corrected chi connectivity index (χ1v) is 6.59. The molecule has 0 radical (unpaired) electrons. The van der Waals surface area contributed by atoms with Crippen molar-refractivity contribution < 1.29 is 13.6 Å². The molecule has 5 heteroatoms. The minimum atomic E-state index is -0.803. The lowest BCUT2D eigenvalue weighted by molar-refractivity contribution is 0.0746. The number of likely N-dealkylation sites (N-methyl/N-ethyl adjacent to an activating group) is 1. The smallest absolute Gasteiger partial charge is 0.256 e. The highest BCUT2D eigenvalue weighted by atomic mass is 19.1. The maximum absolute atomic E-state index is 13.6. The minimum absolute atomic E-state index is 0.0683. The van der Waals surface area contributed by atoms with Crippen LogP contribution in [0, 0.1) is 11.6 Å². The molecule has 1 N–H and O–H groups in total. The van der Waals surface area contributed by atoms with Crippen LogP contribution in [0.2, 0.25) is 0 Å². The lowest BCUT2D eigenvalue weighted by atomic mass is 10.1. The predicted molar refractivity (Wildman–Crippen MR) is 69.0 cm³/mol. The Morgan fingerprint density at radius 1 is 1.47 bits per heavy atom. The van der Waals surface area contributed by atoms with Gasteiger partial charge in [-0.3, -0.25) is 4.79 Å². The number of halogens is 2. The molecule has 0 saturated carbocycles. The third-order valence-corrected chi connectivity index (χ3v) is 3.43. The molecule has 1 aliphatic rings. The number of hydrogen-bond acceptors (Lipinski definition) is 2. The Kier molecular flexibility index (Phi) is 4.47. The number of nitrogens with one attached hydrogen (secondary N) is 1. The molecule has 2 rings (SSSR count). The van der Waals surface area contributed by atoms with Crippen LogP contribution in [0.25, 0.3) is 0 Å². The fourth-order valence-corrected chi connectivity index (χ4v) is 2.37. The van der Waals surface area contributed by atoms with Crippen LogP contribution in [-0.2, 0) is 0 Å². The molecule has 1 amide bonds. The van der Waals surface area contributed by atoms with E-state index < -0.39 is 11.6 Å². The predicted octanol–water partition coefficient (Wildman–Crippen LogP) is 2.18. The van der Waals surface area contributed by atoms with Gasteiger partial charge in [0.2, 0.25) is 0 Å². The molecule has 3 nitrogen and oxygen atoms in total. The van der Waals surface area contributed by atoms with Gasteiger partial charge in [0.25, 0.3) is 5.91 Å². The molecule has 1 aromatic carbocycles. The van der Waals surface area contributed by atoms with Crippen molar-refractivity contribution >= 4 is 5.91 Å². The third-order valence-electron chi connectivity index (χ3n) is 3.43. The third kappa shape index (κ3) is 3.29. The summed E-state index contributed by atoms with van der Waals surface area (Å²) in [5, 5.41) is 3.30. The van der Waals surface area contributed by atoms with Gasteiger partial charge in [-0.25, -0.2) is 8.78 Å². The van der Waals surface area contributed by atoms with Crippen molar-refractivity contribution in [3.05, 3.63) is 35.4 Å². The average Bonchev–Trinajstić information content (AvgIpc) is 2.88. The van der Waals surface area contributed by atoms with Gasteiger partial charge in [-0.2, -0.15) is 0 Å². The topological polar surface area (TPSA) is 32.3 Å². The van der Waals surface area contributed by atoms with E-state index in [1.807, 2.05) is 6.92 Å². The maximum Gasteiger partial charge on any atom is 0.256 e. The first kappa shape index (κ1) is 13.9. The van der Waals surface area contributed by atoms with E-state index in [4.69, 9.17) is 0 Å². The summed E-state index contributed by atoms with van der Waals surface area (Å²) in [6.07, 6.45) is 2.12. The zero-order valence-corrected chi connectivity index (χ0v) is 11.0. The first-order valence-electron chi connectivity index (χ1n) is 6.59. The second-order valence-electron chi connectivity index (χ2n) is 4.76. The lowest BCUT2D eigenvalue weighted by Gasteiger charge is -2.24. The van der Waals surface area contributed by atoms with Gasteiger partial charge in [-0.1, -0.05) is 0 Å². The van der Waals surface area contributed by atoms with Crippen LogP contribution in [0.15, 0.2) is 18.2 Å². The van der Waals surface area contributed by atoms with Gasteiger partial charge in [0.05, 0.1) is 5.56 Å². The Morgan fingerprint density at radius 2 is 2.26 bits per heavy atom. The van der Waals surface area contributed by atoms with Crippen molar-refractivity contribution in [3.63, 3.8) is 0 Å². The van der Waals surface area contributed by atoms with Crippen molar-refractivity contribution in [1.29, 1.82) is 0 Å². The highest BCUT2D eigenvalue weighted by Gasteiger charge is 2.23. The number of carbonyl (C=O) groups excluding carboxylic acids is 1. The Bertz CT molecular complexity index is 459. The molecule has 19 heavy (non-hydrogen) atoms. The SMILES string of the molecule is CCN(CC1CCCN1)C(=O)c1ccc(F)cc1F. The number of carbonyl (C=O) groups is 1. The molecule has 0 bridgehead atoms. The summed E-state index contributed by atoms with van der Waals surface area (Å²) in [4.78, 5) is 13.8. The van der Waals surface area contributed by atoms with Crippen molar-refractivity contribution in [1.82, 2.24) is 10.2 Å². The molecular weight excluding hydrogens is 250 g/mol.